The Labute approximate surface area is 73.9 Å². The van der Waals surface area contributed by atoms with Crippen LogP contribution in [-0.4, -0.2) is 34.1 Å². The topological polar surface area (TPSA) is 104 Å². The van der Waals surface area contributed by atoms with Crippen LogP contribution in [0.4, 0.5) is 0 Å². The molecule has 0 aromatic rings. The van der Waals surface area contributed by atoms with Gasteiger partial charge in [-0.2, -0.15) is 0 Å². The van der Waals surface area contributed by atoms with E-state index in [4.69, 9.17) is 10.2 Å². The van der Waals surface area contributed by atoms with E-state index < -0.39 is 23.9 Å². The second kappa shape index (κ2) is 4.91. The number of aliphatic carboxylic acids is 2. The molecule has 0 saturated carbocycles. The maximum Gasteiger partial charge on any atom is 0.328 e. The molecule has 0 heterocycles. The lowest BCUT2D eigenvalue weighted by Gasteiger charge is -2.05. The molecule has 0 aromatic carbocycles. The quantitative estimate of drug-likeness (QED) is 0.500. The number of hydrogen-bond acceptors (Lipinski definition) is 3. The van der Waals surface area contributed by atoms with Crippen LogP contribution >= 0.6 is 0 Å². The van der Waals surface area contributed by atoms with Crippen molar-refractivity contribution in [1.29, 1.82) is 0 Å². The lowest BCUT2D eigenvalue weighted by atomic mass is 10.3. The van der Waals surface area contributed by atoms with Crippen LogP contribution in [0.2, 0.25) is 0 Å². The zero-order chi connectivity index (χ0) is 10.4. The molecule has 0 aliphatic rings. The van der Waals surface area contributed by atoms with E-state index >= 15 is 0 Å². The molecular formula is C7H9NO5. The van der Waals surface area contributed by atoms with Crippen LogP contribution in [0.25, 0.3) is 0 Å². The summed E-state index contributed by atoms with van der Waals surface area (Å²) in [6, 6.07) is -1.04. The molecule has 0 spiro atoms. The molecule has 0 bridgehead atoms. The average molecular weight is 187 g/mol. The van der Waals surface area contributed by atoms with Gasteiger partial charge >= 0.3 is 11.9 Å². The van der Waals surface area contributed by atoms with Gasteiger partial charge in [-0.15, -0.1) is 0 Å². The normalized spacial score (nSPS) is 12.4. The van der Waals surface area contributed by atoms with Crippen LogP contribution in [0.5, 0.6) is 0 Å². The fraction of sp³-hybridized carbons (Fsp3) is 0.286. The minimum absolute atomic E-state index is 0.629. The summed E-state index contributed by atoms with van der Waals surface area (Å²) in [5, 5.41) is 18.5. The largest absolute Gasteiger partial charge is 0.480 e. The monoisotopic (exact) mass is 187 g/mol. The first-order valence-corrected chi connectivity index (χ1v) is 3.37. The maximum atomic E-state index is 10.7. The third kappa shape index (κ3) is 5.42. The third-order valence-corrected chi connectivity index (χ3v) is 1.11. The summed E-state index contributed by atoms with van der Waals surface area (Å²) >= 11 is 0. The number of nitrogens with one attached hydrogen (secondary N) is 1. The van der Waals surface area contributed by atoms with E-state index in [1.807, 2.05) is 5.32 Å². The number of carbonyl (C=O) groups excluding carboxylic acids is 1. The average Bonchev–Trinajstić information content (AvgIpc) is 2.00. The molecule has 0 saturated heterocycles. The Bertz CT molecular complexity index is 258. The second-order valence-corrected chi connectivity index (χ2v) is 2.24. The Hall–Kier alpha value is -1.85. The van der Waals surface area contributed by atoms with Crippen molar-refractivity contribution in [2.45, 2.75) is 13.0 Å². The number of amides is 1. The van der Waals surface area contributed by atoms with Crippen LogP contribution in [0.1, 0.15) is 6.92 Å². The maximum absolute atomic E-state index is 10.7. The lowest BCUT2D eigenvalue weighted by Crippen LogP contribution is -2.37. The Morgan fingerprint density at radius 2 is 1.77 bits per heavy atom. The van der Waals surface area contributed by atoms with Gasteiger partial charge in [0.1, 0.15) is 6.04 Å². The number of hydrogen-bond donors (Lipinski definition) is 3. The molecule has 1 atom stereocenters. The smallest absolute Gasteiger partial charge is 0.328 e. The summed E-state index contributed by atoms with van der Waals surface area (Å²) in [7, 11) is 0. The minimum atomic E-state index is -1.27. The molecule has 0 aliphatic heterocycles. The van der Waals surface area contributed by atoms with E-state index in [1.54, 1.807) is 0 Å². The summed E-state index contributed by atoms with van der Waals surface area (Å²) in [5.74, 6) is -3.20. The highest BCUT2D eigenvalue weighted by atomic mass is 16.4. The highest BCUT2D eigenvalue weighted by Gasteiger charge is 2.11. The van der Waals surface area contributed by atoms with Crippen LogP contribution in [-0.2, 0) is 14.4 Å². The molecular weight excluding hydrogens is 178 g/mol. The molecule has 3 N–H and O–H groups in total. The highest BCUT2D eigenvalue weighted by molar-refractivity contribution is 5.95. The Kier molecular flexibility index (Phi) is 4.21. The van der Waals surface area contributed by atoms with Gasteiger partial charge in [0.2, 0.25) is 5.91 Å². The van der Waals surface area contributed by atoms with Crippen molar-refractivity contribution in [3.05, 3.63) is 12.2 Å². The van der Waals surface area contributed by atoms with Gasteiger partial charge in [-0.1, -0.05) is 0 Å². The van der Waals surface area contributed by atoms with Gasteiger partial charge < -0.3 is 15.5 Å². The summed E-state index contributed by atoms with van der Waals surface area (Å²) < 4.78 is 0. The van der Waals surface area contributed by atoms with E-state index in [2.05, 4.69) is 0 Å². The number of carboxylic acid groups (broad SMARTS) is 2. The molecule has 0 unspecified atom stereocenters. The molecule has 6 nitrogen and oxygen atoms in total. The Balaban J connectivity index is 4.02. The minimum Gasteiger partial charge on any atom is -0.480 e. The van der Waals surface area contributed by atoms with Gasteiger partial charge in [0.05, 0.1) is 0 Å². The number of carboxylic acids is 2. The van der Waals surface area contributed by atoms with Crippen molar-refractivity contribution in [3.8, 4) is 0 Å². The van der Waals surface area contributed by atoms with Gasteiger partial charge in [-0.25, -0.2) is 4.79 Å². The Morgan fingerprint density at radius 3 is 2.15 bits per heavy atom. The van der Waals surface area contributed by atoms with E-state index in [1.165, 1.54) is 6.92 Å². The zero-order valence-electron chi connectivity index (χ0n) is 6.85. The zero-order valence-corrected chi connectivity index (χ0v) is 6.85. The fourth-order valence-corrected chi connectivity index (χ4v) is 0.470. The molecule has 6 heteroatoms. The summed E-state index contributed by atoms with van der Waals surface area (Å²) in [6.07, 6.45) is 1.38. The van der Waals surface area contributed by atoms with Gasteiger partial charge in [0.15, 0.2) is 0 Å². The van der Waals surface area contributed by atoms with Crippen molar-refractivity contribution in [3.63, 3.8) is 0 Å². The molecule has 0 aromatic heterocycles. The van der Waals surface area contributed by atoms with Gasteiger partial charge in [0, 0.05) is 12.2 Å². The number of carbonyl (C=O) groups is 3. The molecule has 0 aliphatic carbocycles. The fourth-order valence-electron chi connectivity index (χ4n) is 0.470. The van der Waals surface area contributed by atoms with Crippen LogP contribution in [0.15, 0.2) is 12.2 Å². The molecule has 72 valence electrons. The van der Waals surface area contributed by atoms with E-state index in [0.29, 0.717) is 6.08 Å². The van der Waals surface area contributed by atoms with E-state index in [0.717, 1.165) is 6.08 Å². The van der Waals surface area contributed by atoms with E-state index in [-0.39, 0.29) is 0 Å². The first-order valence-electron chi connectivity index (χ1n) is 3.37. The molecule has 0 radical (unpaired) electrons. The van der Waals surface area contributed by atoms with Crippen LogP contribution in [0, 0.1) is 0 Å². The summed E-state index contributed by atoms with van der Waals surface area (Å²) in [5.41, 5.74) is 0. The van der Waals surface area contributed by atoms with E-state index in [9.17, 15) is 14.4 Å². The molecule has 1 amide bonds. The third-order valence-electron chi connectivity index (χ3n) is 1.11. The van der Waals surface area contributed by atoms with Gasteiger partial charge in [-0.05, 0) is 6.92 Å². The summed E-state index contributed by atoms with van der Waals surface area (Å²) in [4.78, 5) is 30.9. The van der Waals surface area contributed by atoms with Crippen molar-refractivity contribution < 1.29 is 24.6 Å². The highest BCUT2D eigenvalue weighted by Crippen LogP contribution is 1.82. The second-order valence-electron chi connectivity index (χ2n) is 2.24. The SMILES string of the molecule is C[C@H](NC(=O)/C=C\C(=O)O)C(=O)O. The molecule has 0 rings (SSSR count). The molecule has 13 heavy (non-hydrogen) atoms. The van der Waals surface area contributed by atoms with Crippen molar-refractivity contribution in [2.75, 3.05) is 0 Å². The van der Waals surface area contributed by atoms with Crippen LogP contribution < -0.4 is 5.32 Å². The van der Waals surface area contributed by atoms with Gasteiger partial charge in [0.25, 0.3) is 0 Å². The van der Waals surface area contributed by atoms with Gasteiger partial charge in [-0.3, -0.25) is 9.59 Å². The lowest BCUT2D eigenvalue weighted by molar-refractivity contribution is -0.140. The predicted molar refractivity (Wildman–Crippen MR) is 42.0 cm³/mol. The van der Waals surface area contributed by atoms with Crippen molar-refractivity contribution in [2.24, 2.45) is 0 Å². The standard InChI is InChI=1S/C7H9NO5/c1-4(7(12)13)8-5(9)2-3-6(10)11/h2-4H,1H3,(H,8,9)(H,10,11)(H,12,13)/b3-2-/t4-/m0/s1. The molecule has 0 fully saturated rings. The summed E-state index contributed by atoms with van der Waals surface area (Å²) in [6.45, 7) is 1.27. The number of rotatable bonds is 4. The Morgan fingerprint density at radius 1 is 1.23 bits per heavy atom. The first kappa shape index (κ1) is 11.2. The van der Waals surface area contributed by atoms with Crippen LogP contribution in [0.3, 0.4) is 0 Å². The van der Waals surface area contributed by atoms with Crippen molar-refractivity contribution >= 4 is 17.8 Å². The predicted octanol–water partition coefficient (Wildman–Crippen LogP) is -0.783. The first-order chi connectivity index (χ1) is 5.93. The van der Waals surface area contributed by atoms with Crippen molar-refractivity contribution in [1.82, 2.24) is 5.32 Å².